The van der Waals surface area contributed by atoms with Gasteiger partial charge in [-0.25, -0.2) is 0 Å². The average molecular weight is 216 g/mol. The van der Waals surface area contributed by atoms with Gasteiger partial charge in [-0.3, -0.25) is 0 Å². The Balaban J connectivity index is 3.11. The second kappa shape index (κ2) is 3.91. The van der Waals surface area contributed by atoms with Gasteiger partial charge in [0.2, 0.25) is 0 Å². The van der Waals surface area contributed by atoms with E-state index in [9.17, 15) is 0 Å². The summed E-state index contributed by atoms with van der Waals surface area (Å²) >= 11 is 9.40. The Morgan fingerprint density at radius 1 is 1.50 bits per heavy atom. The van der Waals surface area contributed by atoms with E-state index in [1.165, 1.54) is 12.5 Å². The third-order valence-electron chi connectivity index (χ3n) is 0.905. The quantitative estimate of drug-likeness (QED) is 0.385. The Morgan fingerprint density at radius 3 is 2.12 bits per heavy atom. The normalized spacial score (nSPS) is 12.0. The van der Waals surface area contributed by atoms with Crippen LogP contribution in [0.5, 0.6) is 0 Å². The minimum absolute atomic E-state index is 1.09. The first-order valence-corrected chi connectivity index (χ1v) is 8.15. The number of hydrogen-bond acceptors (Lipinski definition) is 0. The predicted octanol–water partition coefficient (Wildman–Crippen LogP) is 3.22. The third kappa shape index (κ3) is 6.99. The van der Waals surface area contributed by atoms with Crippen molar-refractivity contribution >= 4 is 34.4 Å². The molecule has 0 saturated heterocycles. The van der Waals surface area contributed by atoms with Gasteiger partial charge >= 0.3 is 0 Å². The fourth-order valence-corrected chi connectivity index (χ4v) is 2.70. The molecule has 0 amide bonds. The minimum atomic E-state index is -1.24. The maximum Gasteiger partial charge on any atom is 0.150 e. The van der Waals surface area contributed by atoms with Crippen LogP contribution in [0.4, 0.5) is 0 Å². The van der Waals surface area contributed by atoms with E-state index in [0.29, 0.717) is 0 Å². The summed E-state index contributed by atoms with van der Waals surface area (Å²) in [6, 6.07) is 1.22. The van der Waals surface area contributed by atoms with Gasteiger partial charge in [-0.2, -0.15) is 11.1 Å². The van der Waals surface area contributed by atoms with Crippen LogP contribution >= 0.6 is 27.0 Å². The summed E-state index contributed by atoms with van der Waals surface area (Å²) in [7, 11) is -1.24. The maximum atomic E-state index is 6.03. The van der Waals surface area contributed by atoms with Crippen LogP contribution in [0, 0.1) is 0 Å². The summed E-state index contributed by atoms with van der Waals surface area (Å²) in [4.78, 5) is 0. The standard InChI is InChI=1S/C5H12BrClSi/c1-8(2,7)5-3-4-6/h3-5H2,1-2H3. The largest absolute Gasteiger partial charge is 0.168 e. The average Bonchev–Trinajstić information content (AvgIpc) is 1.59. The van der Waals surface area contributed by atoms with E-state index >= 15 is 0 Å². The van der Waals surface area contributed by atoms with Gasteiger partial charge in [-0.05, 0) is 12.5 Å². The molecule has 3 heteroatoms. The second-order valence-electron chi connectivity index (χ2n) is 2.51. The molecular formula is C5H12BrClSi. The van der Waals surface area contributed by atoms with Crippen LogP contribution in [-0.2, 0) is 0 Å². The lowest BCUT2D eigenvalue weighted by Gasteiger charge is -2.09. The predicted molar refractivity (Wildman–Crippen MR) is 46.6 cm³/mol. The van der Waals surface area contributed by atoms with Crippen molar-refractivity contribution in [2.24, 2.45) is 0 Å². The zero-order chi connectivity index (χ0) is 6.62. The Hall–Kier alpha value is 0.987. The van der Waals surface area contributed by atoms with Gasteiger partial charge in [0.15, 0.2) is 7.38 Å². The summed E-state index contributed by atoms with van der Waals surface area (Å²) in [5.41, 5.74) is 0. The molecule has 0 heterocycles. The molecule has 0 spiro atoms. The Kier molecular flexibility index (Phi) is 4.39. The summed E-state index contributed by atoms with van der Waals surface area (Å²) < 4.78 is 0. The molecule has 0 aromatic heterocycles. The molecule has 0 N–H and O–H groups in total. The molecule has 0 atom stereocenters. The number of hydrogen-bond donors (Lipinski definition) is 0. The highest BCUT2D eigenvalue weighted by atomic mass is 79.9. The summed E-state index contributed by atoms with van der Waals surface area (Å²) in [5, 5.41) is 1.09. The van der Waals surface area contributed by atoms with E-state index in [0.717, 1.165) is 5.33 Å². The summed E-state index contributed by atoms with van der Waals surface area (Å²) in [6.07, 6.45) is 1.22. The van der Waals surface area contributed by atoms with Gasteiger partial charge in [0.1, 0.15) is 0 Å². The lowest BCUT2D eigenvalue weighted by Crippen LogP contribution is -2.15. The van der Waals surface area contributed by atoms with Crippen LogP contribution in [0.1, 0.15) is 6.42 Å². The SMILES string of the molecule is C[Si](C)(Cl)CCCBr. The molecule has 0 nitrogen and oxygen atoms in total. The van der Waals surface area contributed by atoms with Crippen molar-refractivity contribution in [1.82, 2.24) is 0 Å². The van der Waals surface area contributed by atoms with E-state index < -0.39 is 7.38 Å². The Morgan fingerprint density at radius 2 is 2.00 bits per heavy atom. The highest BCUT2D eigenvalue weighted by Crippen LogP contribution is 2.16. The molecular weight excluding hydrogens is 203 g/mol. The van der Waals surface area contributed by atoms with E-state index in [1.807, 2.05) is 0 Å². The van der Waals surface area contributed by atoms with Gasteiger partial charge in [0, 0.05) is 5.33 Å². The van der Waals surface area contributed by atoms with Crippen molar-refractivity contribution in [3.05, 3.63) is 0 Å². The highest BCUT2D eigenvalue weighted by Gasteiger charge is 2.14. The Bertz CT molecular complexity index is 59.9. The second-order valence-corrected chi connectivity index (χ2v) is 10.3. The molecule has 0 rings (SSSR count). The molecule has 50 valence electrons. The molecule has 0 aliphatic carbocycles. The number of halogens is 2. The van der Waals surface area contributed by atoms with Crippen molar-refractivity contribution in [3.8, 4) is 0 Å². The van der Waals surface area contributed by atoms with E-state index in [4.69, 9.17) is 11.1 Å². The van der Waals surface area contributed by atoms with Crippen LogP contribution in [0.15, 0.2) is 0 Å². The van der Waals surface area contributed by atoms with E-state index in [-0.39, 0.29) is 0 Å². The molecule has 8 heavy (non-hydrogen) atoms. The van der Waals surface area contributed by atoms with Gasteiger partial charge in [-0.1, -0.05) is 29.0 Å². The fraction of sp³-hybridized carbons (Fsp3) is 1.00. The molecule has 0 saturated carbocycles. The van der Waals surface area contributed by atoms with Crippen LogP contribution in [-0.4, -0.2) is 12.7 Å². The van der Waals surface area contributed by atoms with E-state index in [1.54, 1.807) is 0 Å². The van der Waals surface area contributed by atoms with Gasteiger partial charge in [-0.15, -0.1) is 0 Å². The maximum absolute atomic E-state index is 6.03. The lowest BCUT2D eigenvalue weighted by molar-refractivity contribution is 1.08. The van der Waals surface area contributed by atoms with Gasteiger partial charge in [0.05, 0.1) is 0 Å². The smallest absolute Gasteiger partial charge is 0.150 e. The molecule has 0 fully saturated rings. The summed E-state index contributed by atoms with van der Waals surface area (Å²) in [5.74, 6) is 0. The molecule has 0 unspecified atom stereocenters. The van der Waals surface area contributed by atoms with Crippen molar-refractivity contribution in [2.75, 3.05) is 5.33 Å². The van der Waals surface area contributed by atoms with Crippen LogP contribution in [0.25, 0.3) is 0 Å². The minimum Gasteiger partial charge on any atom is -0.168 e. The molecule has 0 aliphatic heterocycles. The van der Waals surface area contributed by atoms with Crippen molar-refractivity contribution in [2.45, 2.75) is 25.6 Å². The van der Waals surface area contributed by atoms with Crippen LogP contribution in [0.2, 0.25) is 19.1 Å². The van der Waals surface area contributed by atoms with Crippen molar-refractivity contribution < 1.29 is 0 Å². The number of alkyl halides is 1. The highest BCUT2D eigenvalue weighted by molar-refractivity contribution is 9.09. The summed E-state index contributed by atoms with van der Waals surface area (Å²) in [6.45, 7) is 4.36. The van der Waals surface area contributed by atoms with E-state index in [2.05, 4.69) is 29.0 Å². The van der Waals surface area contributed by atoms with Gasteiger partial charge < -0.3 is 0 Å². The van der Waals surface area contributed by atoms with Crippen LogP contribution < -0.4 is 0 Å². The fourth-order valence-electron chi connectivity index (χ4n) is 0.487. The van der Waals surface area contributed by atoms with Gasteiger partial charge in [0.25, 0.3) is 0 Å². The lowest BCUT2D eigenvalue weighted by atomic mass is 10.6. The Labute approximate surface area is 65.5 Å². The molecule has 0 bridgehead atoms. The molecule has 0 aromatic rings. The first kappa shape index (κ1) is 8.99. The number of rotatable bonds is 3. The molecule has 0 aromatic carbocycles. The first-order chi connectivity index (χ1) is 3.56. The van der Waals surface area contributed by atoms with Crippen LogP contribution in [0.3, 0.4) is 0 Å². The monoisotopic (exact) mass is 214 g/mol. The zero-order valence-corrected chi connectivity index (χ0v) is 8.72. The van der Waals surface area contributed by atoms with Crippen molar-refractivity contribution in [1.29, 1.82) is 0 Å². The van der Waals surface area contributed by atoms with Crippen molar-refractivity contribution in [3.63, 3.8) is 0 Å². The zero-order valence-electron chi connectivity index (χ0n) is 5.38. The third-order valence-corrected chi connectivity index (χ3v) is 3.58. The topological polar surface area (TPSA) is 0 Å². The molecule has 0 radical (unpaired) electrons. The molecule has 0 aliphatic rings. The first-order valence-electron chi connectivity index (χ1n) is 2.81.